The third kappa shape index (κ3) is 3.08. The molecule has 1 unspecified atom stereocenters. The van der Waals surface area contributed by atoms with Crippen LogP contribution in [0.15, 0.2) is 24.3 Å². The highest BCUT2D eigenvalue weighted by Gasteiger charge is 2.21. The zero-order valence-corrected chi connectivity index (χ0v) is 9.61. The van der Waals surface area contributed by atoms with E-state index in [2.05, 4.69) is 10.1 Å². The number of nitrogens with one attached hydrogen (secondary N) is 1. The van der Waals surface area contributed by atoms with E-state index in [1.807, 2.05) is 19.1 Å². The number of ether oxygens (including phenoxy) is 1. The maximum Gasteiger partial charge on any atom is 0.333 e. The van der Waals surface area contributed by atoms with Crippen LogP contribution in [0.3, 0.4) is 0 Å². The predicted molar refractivity (Wildman–Crippen MR) is 59.8 cm³/mol. The van der Waals surface area contributed by atoms with Gasteiger partial charge in [0.2, 0.25) is 5.91 Å². The molecule has 1 atom stereocenters. The van der Waals surface area contributed by atoms with Gasteiger partial charge in [-0.15, -0.1) is 0 Å². The lowest BCUT2D eigenvalue weighted by Gasteiger charge is -2.15. The van der Waals surface area contributed by atoms with Crippen LogP contribution < -0.4 is 5.32 Å². The average Bonchev–Trinajstić information content (AvgIpc) is 2.26. The fourth-order valence-electron chi connectivity index (χ4n) is 1.36. The van der Waals surface area contributed by atoms with E-state index < -0.39 is 12.0 Å². The molecule has 1 rings (SSSR count). The summed E-state index contributed by atoms with van der Waals surface area (Å²) in [5.74, 6) is -0.741. The number of hydrogen-bond acceptors (Lipinski definition) is 3. The van der Waals surface area contributed by atoms with Crippen molar-refractivity contribution in [2.45, 2.75) is 19.9 Å². The molecule has 1 amide bonds. The molecule has 0 bridgehead atoms. The van der Waals surface area contributed by atoms with Crippen LogP contribution >= 0.6 is 0 Å². The summed E-state index contributed by atoms with van der Waals surface area (Å²) in [7, 11) is 1.30. The Balaban J connectivity index is 2.96. The van der Waals surface area contributed by atoms with Gasteiger partial charge in [-0.1, -0.05) is 29.8 Å². The second-order valence-electron chi connectivity index (χ2n) is 3.57. The first-order valence-corrected chi connectivity index (χ1v) is 4.96. The van der Waals surface area contributed by atoms with E-state index in [-0.39, 0.29) is 5.91 Å². The molecule has 86 valence electrons. The highest BCUT2D eigenvalue weighted by Crippen LogP contribution is 2.15. The lowest BCUT2D eigenvalue weighted by atomic mass is 10.1. The molecule has 4 heteroatoms. The Hall–Kier alpha value is -1.84. The number of hydrogen-bond donors (Lipinski definition) is 1. The molecule has 0 saturated heterocycles. The summed E-state index contributed by atoms with van der Waals surface area (Å²) in [6.45, 7) is 3.32. The van der Waals surface area contributed by atoms with Gasteiger partial charge in [0, 0.05) is 6.92 Å². The van der Waals surface area contributed by atoms with Gasteiger partial charge in [0.15, 0.2) is 6.04 Å². The van der Waals surface area contributed by atoms with Crippen molar-refractivity contribution in [3.63, 3.8) is 0 Å². The topological polar surface area (TPSA) is 55.4 Å². The molecule has 0 heterocycles. The van der Waals surface area contributed by atoms with Crippen molar-refractivity contribution in [1.82, 2.24) is 5.32 Å². The molecular formula is C12H15NO3. The molecule has 1 aromatic rings. The second kappa shape index (κ2) is 5.30. The van der Waals surface area contributed by atoms with Gasteiger partial charge in [-0.25, -0.2) is 4.79 Å². The zero-order chi connectivity index (χ0) is 12.1. The molecular weight excluding hydrogens is 206 g/mol. The highest BCUT2D eigenvalue weighted by atomic mass is 16.5. The molecule has 0 spiro atoms. The summed E-state index contributed by atoms with van der Waals surface area (Å²) >= 11 is 0. The smallest absolute Gasteiger partial charge is 0.333 e. The Morgan fingerprint density at radius 1 is 1.25 bits per heavy atom. The van der Waals surface area contributed by atoms with E-state index in [0.29, 0.717) is 5.56 Å². The third-order valence-electron chi connectivity index (χ3n) is 2.20. The first kappa shape index (κ1) is 12.2. The minimum Gasteiger partial charge on any atom is -0.467 e. The van der Waals surface area contributed by atoms with Crippen LogP contribution in [-0.4, -0.2) is 19.0 Å². The average molecular weight is 221 g/mol. The summed E-state index contributed by atoms with van der Waals surface area (Å²) < 4.78 is 4.64. The SMILES string of the molecule is COC(=O)C(NC(C)=O)c1ccc(C)cc1. The fraction of sp³-hybridized carbons (Fsp3) is 0.333. The summed E-state index contributed by atoms with van der Waals surface area (Å²) in [6, 6.07) is 6.63. The van der Waals surface area contributed by atoms with E-state index in [9.17, 15) is 9.59 Å². The summed E-state index contributed by atoms with van der Waals surface area (Å²) in [6.07, 6.45) is 0. The Morgan fingerprint density at radius 3 is 2.25 bits per heavy atom. The van der Waals surface area contributed by atoms with E-state index in [1.165, 1.54) is 14.0 Å². The summed E-state index contributed by atoms with van der Waals surface area (Å²) in [5.41, 5.74) is 1.81. The molecule has 0 aliphatic rings. The van der Waals surface area contributed by atoms with Gasteiger partial charge in [-0.3, -0.25) is 4.79 Å². The van der Waals surface area contributed by atoms with Crippen LogP contribution in [-0.2, 0) is 14.3 Å². The van der Waals surface area contributed by atoms with Gasteiger partial charge >= 0.3 is 5.97 Å². The highest BCUT2D eigenvalue weighted by molar-refractivity contribution is 5.84. The molecule has 0 saturated carbocycles. The molecule has 1 aromatic carbocycles. The molecule has 16 heavy (non-hydrogen) atoms. The summed E-state index contributed by atoms with van der Waals surface area (Å²) in [4.78, 5) is 22.5. The molecule has 0 aliphatic carbocycles. The first-order chi connectivity index (χ1) is 7.54. The Morgan fingerprint density at radius 2 is 1.81 bits per heavy atom. The first-order valence-electron chi connectivity index (χ1n) is 4.96. The van der Waals surface area contributed by atoms with Crippen LogP contribution in [0, 0.1) is 6.92 Å². The van der Waals surface area contributed by atoms with Crippen molar-refractivity contribution < 1.29 is 14.3 Å². The molecule has 0 fully saturated rings. The number of carbonyl (C=O) groups is 2. The normalized spacial score (nSPS) is 11.7. The maximum atomic E-state index is 11.5. The quantitative estimate of drug-likeness (QED) is 0.784. The number of esters is 1. The van der Waals surface area contributed by atoms with E-state index >= 15 is 0 Å². The molecule has 0 aromatic heterocycles. The lowest BCUT2D eigenvalue weighted by Crippen LogP contribution is -2.32. The monoisotopic (exact) mass is 221 g/mol. The van der Waals surface area contributed by atoms with Gasteiger partial charge in [-0.2, -0.15) is 0 Å². The Kier molecular flexibility index (Phi) is 4.05. The zero-order valence-electron chi connectivity index (χ0n) is 9.61. The third-order valence-corrected chi connectivity index (χ3v) is 2.20. The lowest BCUT2D eigenvalue weighted by molar-refractivity contribution is -0.145. The van der Waals surface area contributed by atoms with Crippen molar-refractivity contribution >= 4 is 11.9 Å². The van der Waals surface area contributed by atoms with Gasteiger partial charge in [0.25, 0.3) is 0 Å². The molecule has 0 radical (unpaired) electrons. The predicted octanol–water partition coefficient (Wildman–Crippen LogP) is 1.35. The number of amides is 1. The molecule has 4 nitrogen and oxygen atoms in total. The van der Waals surface area contributed by atoms with Crippen LogP contribution in [0.1, 0.15) is 24.1 Å². The van der Waals surface area contributed by atoms with Crippen molar-refractivity contribution in [2.75, 3.05) is 7.11 Å². The fourth-order valence-corrected chi connectivity index (χ4v) is 1.36. The van der Waals surface area contributed by atoms with Gasteiger partial charge in [-0.05, 0) is 12.5 Å². The van der Waals surface area contributed by atoms with Crippen molar-refractivity contribution in [1.29, 1.82) is 0 Å². The number of aryl methyl sites for hydroxylation is 1. The number of methoxy groups -OCH3 is 1. The van der Waals surface area contributed by atoms with E-state index in [4.69, 9.17) is 0 Å². The van der Waals surface area contributed by atoms with Crippen molar-refractivity contribution in [2.24, 2.45) is 0 Å². The minimum absolute atomic E-state index is 0.268. The molecule has 0 aliphatic heterocycles. The number of benzene rings is 1. The van der Waals surface area contributed by atoms with Gasteiger partial charge in [0.1, 0.15) is 0 Å². The maximum absolute atomic E-state index is 11.5. The number of rotatable bonds is 3. The summed E-state index contributed by atoms with van der Waals surface area (Å²) in [5, 5.41) is 2.55. The second-order valence-corrected chi connectivity index (χ2v) is 3.57. The van der Waals surface area contributed by atoms with Crippen LogP contribution in [0.2, 0.25) is 0 Å². The molecule has 1 N–H and O–H groups in total. The van der Waals surface area contributed by atoms with Crippen molar-refractivity contribution in [3.8, 4) is 0 Å². The largest absolute Gasteiger partial charge is 0.467 e. The Labute approximate surface area is 94.6 Å². The van der Waals surface area contributed by atoms with Crippen LogP contribution in [0.5, 0.6) is 0 Å². The van der Waals surface area contributed by atoms with E-state index in [0.717, 1.165) is 5.56 Å². The Bertz CT molecular complexity index is 384. The standard InChI is InChI=1S/C12H15NO3/c1-8-4-6-10(7-5-8)11(12(15)16-3)13-9(2)14/h4-7,11H,1-3H3,(H,13,14). The van der Waals surface area contributed by atoms with Crippen LogP contribution in [0.4, 0.5) is 0 Å². The van der Waals surface area contributed by atoms with Crippen LogP contribution in [0.25, 0.3) is 0 Å². The van der Waals surface area contributed by atoms with Gasteiger partial charge < -0.3 is 10.1 Å². The minimum atomic E-state index is -0.733. The van der Waals surface area contributed by atoms with E-state index in [1.54, 1.807) is 12.1 Å². The number of carbonyl (C=O) groups excluding carboxylic acids is 2. The van der Waals surface area contributed by atoms with Crippen molar-refractivity contribution in [3.05, 3.63) is 35.4 Å². The van der Waals surface area contributed by atoms with Gasteiger partial charge in [0.05, 0.1) is 7.11 Å².